The van der Waals surface area contributed by atoms with Gasteiger partial charge in [0, 0.05) is 13.1 Å². The zero-order valence-electron chi connectivity index (χ0n) is 11.1. The SMILES string of the molecule is CNc1ccc(C(=O)NC2CCC(C)CC2)nc1. The van der Waals surface area contributed by atoms with E-state index < -0.39 is 0 Å². The zero-order valence-corrected chi connectivity index (χ0v) is 11.1. The Bertz CT molecular complexity index is 394. The monoisotopic (exact) mass is 247 g/mol. The minimum absolute atomic E-state index is 0.0581. The molecule has 2 rings (SSSR count). The molecule has 1 fully saturated rings. The van der Waals surface area contributed by atoms with Gasteiger partial charge in [0.25, 0.3) is 5.91 Å². The number of hydrogen-bond acceptors (Lipinski definition) is 3. The Labute approximate surface area is 108 Å². The first-order valence-electron chi connectivity index (χ1n) is 6.63. The van der Waals surface area contributed by atoms with Crippen molar-refractivity contribution in [1.82, 2.24) is 10.3 Å². The van der Waals surface area contributed by atoms with Gasteiger partial charge in [-0.3, -0.25) is 4.79 Å². The second-order valence-electron chi connectivity index (χ2n) is 5.11. The van der Waals surface area contributed by atoms with Crippen LogP contribution in [-0.2, 0) is 0 Å². The summed E-state index contributed by atoms with van der Waals surface area (Å²) in [5.41, 5.74) is 1.41. The number of aromatic nitrogens is 1. The molecule has 4 heteroatoms. The number of carbonyl (C=O) groups excluding carboxylic acids is 1. The highest BCUT2D eigenvalue weighted by molar-refractivity contribution is 5.92. The lowest BCUT2D eigenvalue weighted by molar-refractivity contribution is 0.0918. The predicted molar refractivity (Wildman–Crippen MR) is 72.7 cm³/mol. The van der Waals surface area contributed by atoms with Crippen LogP contribution in [0.15, 0.2) is 18.3 Å². The zero-order chi connectivity index (χ0) is 13.0. The van der Waals surface area contributed by atoms with E-state index in [1.807, 2.05) is 13.1 Å². The van der Waals surface area contributed by atoms with Crippen molar-refractivity contribution in [3.63, 3.8) is 0 Å². The lowest BCUT2D eigenvalue weighted by atomic mass is 9.87. The van der Waals surface area contributed by atoms with Crippen LogP contribution in [0.3, 0.4) is 0 Å². The minimum atomic E-state index is -0.0581. The molecular formula is C14H21N3O. The Balaban J connectivity index is 1.90. The summed E-state index contributed by atoms with van der Waals surface area (Å²) in [6, 6.07) is 3.94. The number of carbonyl (C=O) groups is 1. The fraction of sp³-hybridized carbons (Fsp3) is 0.571. The molecule has 1 aromatic heterocycles. The van der Waals surface area contributed by atoms with Crippen molar-refractivity contribution in [2.24, 2.45) is 5.92 Å². The summed E-state index contributed by atoms with van der Waals surface area (Å²) in [5.74, 6) is 0.739. The fourth-order valence-electron chi connectivity index (χ4n) is 2.34. The maximum absolute atomic E-state index is 12.0. The number of amides is 1. The van der Waals surface area contributed by atoms with E-state index in [-0.39, 0.29) is 5.91 Å². The number of rotatable bonds is 3. The highest BCUT2D eigenvalue weighted by atomic mass is 16.1. The van der Waals surface area contributed by atoms with Gasteiger partial charge >= 0.3 is 0 Å². The van der Waals surface area contributed by atoms with Gasteiger partial charge in [0.05, 0.1) is 11.9 Å². The normalized spacial score (nSPS) is 23.4. The van der Waals surface area contributed by atoms with Gasteiger partial charge in [-0.1, -0.05) is 6.92 Å². The molecule has 1 heterocycles. The van der Waals surface area contributed by atoms with Crippen LogP contribution in [0.1, 0.15) is 43.1 Å². The Kier molecular flexibility index (Phi) is 4.18. The van der Waals surface area contributed by atoms with Crippen molar-refractivity contribution in [1.29, 1.82) is 0 Å². The highest BCUT2D eigenvalue weighted by Gasteiger charge is 2.20. The third-order valence-electron chi connectivity index (χ3n) is 3.64. The Morgan fingerprint density at radius 3 is 2.56 bits per heavy atom. The number of nitrogens with zero attached hydrogens (tertiary/aromatic N) is 1. The molecule has 2 N–H and O–H groups in total. The number of pyridine rings is 1. The molecule has 4 nitrogen and oxygen atoms in total. The van der Waals surface area contributed by atoms with E-state index >= 15 is 0 Å². The Morgan fingerprint density at radius 1 is 1.28 bits per heavy atom. The molecule has 98 valence electrons. The quantitative estimate of drug-likeness (QED) is 0.862. The smallest absolute Gasteiger partial charge is 0.270 e. The van der Waals surface area contributed by atoms with Crippen molar-refractivity contribution in [2.75, 3.05) is 12.4 Å². The van der Waals surface area contributed by atoms with Gasteiger partial charge in [-0.2, -0.15) is 0 Å². The molecule has 0 bridgehead atoms. The summed E-state index contributed by atoms with van der Waals surface area (Å²) in [5, 5.41) is 6.06. The van der Waals surface area contributed by atoms with Gasteiger partial charge in [0.1, 0.15) is 5.69 Å². The summed E-state index contributed by atoms with van der Waals surface area (Å²) >= 11 is 0. The second-order valence-corrected chi connectivity index (χ2v) is 5.11. The van der Waals surface area contributed by atoms with Crippen LogP contribution in [0.4, 0.5) is 5.69 Å². The van der Waals surface area contributed by atoms with Crippen LogP contribution in [0, 0.1) is 5.92 Å². The lowest BCUT2D eigenvalue weighted by Gasteiger charge is -2.26. The van der Waals surface area contributed by atoms with Crippen molar-refractivity contribution < 1.29 is 4.79 Å². The predicted octanol–water partition coefficient (Wildman–Crippen LogP) is 2.43. The molecule has 18 heavy (non-hydrogen) atoms. The molecule has 0 aromatic carbocycles. The second kappa shape index (κ2) is 5.85. The summed E-state index contributed by atoms with van der Waals surface area (Å²) in [4.78, 5) is 16.2. The van der Waals surface area contributed by atoms with Crippen LogP contribution < -0.4 is 10.6 Å². The molecule has 0 unspecified atom stereocenters. The van der Waals surface area contributed by atoms with Crippen molar-refractivity contribution in [3.8, 4) is 0 Å². The van der Waals surface area contributed by atoms with Crippen LogP contribution >= 0.6 is 0 Å². The van der Waals surface area contributed by atoms with E-state index in [2.05, 4.69) is 22.5 Å². The maximum atomic E-state index is 12.0. The topological polar surface area (TPSA) is 54.0 Å². The molecule has 0 saturated heterocycles. The van der Waals surface area contributed by atoms with Gasteiger partial charge < -0.3 is 10.6 Å². The average Bonchev–Trinajstić information content (AvgIpc) is 2.41. The van der Waals surface area contributed by atoms with Crippen LogP contribution in [0.2, 0.25) is 0 Å². The van der Waals surface area contributed by atoms with E-state index in [1.54, 1.807) is 12.3 Å². The molecule has 0 radical (unpaired) electrons. The third kappa shape index (κ3) is 3.22. The summed E-state index contributed by atoms with van der Waals surface area (Å²) in [7, 11) is 1.83. The molecular weight excluding hydrogens is 226 g/mol. The van der Waals surface area contributed by atoms with Crippen LogP contribution in [0.5, 0.6) is 0 Å². The molecule has 0 aliphatic heterocycles. The van der Waals surface area contributed by atoms with Gasteiger partial charge in [-0.25, -0.2) is 4.98 Å². The van der Waals surface area contributed by atoms with E-state index in [9.17, 15) is 4.79 Å². The largest absolute Gasteiger partial charge is 0.387 e. The van der Waals surface area contributed by atoms with Crippen molar-refractivity contribution in [3.05, 3.63) is 24.0 Å². The van der Waals surface area contributed by atoms with Gasteiger partial charge in [0.2, 0.25) is 0 Å². The molecule has 0 spiro atoms. The van der Waals surface area contributed by atoms with Gasteiger partial charge in [-0.05, 0) is 43.7 Å². The summed E-state index contributed by atoms with van der Waals surface area (Å²) < 4.78 is 0. The molecule has 0 atom stereocenters. The van der Waals surface area contributed by atoms with Crippen LogP contribution in [0.25, 0.3) is 0 Å². The maximum Gasteiger partial charge on any atom is 0.270 e. The van der Waals surface area contributed by atoms with E-state index in [4.69, 9.17) is 0 Å². The molecule has 1 amide bonds. The summed E-state index contributed by atoms with van der Waals surface area (Å²) in [6.07, 6.45) is 6.26. The fourth-order valence-corrected chi connectivity index (χ4v) is 2.34. The van der Waals surface area contributed by atoms with E-state index in [0.29, 0.717) is 11.7 Å². The molecule has 1 aliphatic carbocycles. The molecule has 1 aromatic rings. The van der Waals surface area contributed by atoms with Crippen molar-refractivity contribution >= 4 is 11.6 Å². The first kappa shape index (κ1) is 12.9. The van der Waals surface area contributed by atoms with Gasteiger partial charge in [0.15, 0.2) is 0 Å². The lowest BCUT2D eigenvalue weighted by Crippen LogP contribution is -2.37. The van der Waals surface area contributed by atoms with E-state index in [1.165, 1.54) is 12.8 Å². The first-order valence-corrected chi connectivity index (χ1v) is 6.63. The molecule has 1 saturated carbocycles. The summed E-state index contributed by atoms with van der Waals surface area (Å²) in [6.45, 7) is 2.27. The van der Waals surface area contributed by atoms with Crippen molar-refractivity contribution in [2.45, 2.75) is 38.6 Å². The van der Waals surface area contributed by atoms with Gasteiger partial charge in [-0.15, -0.1) is 0 Å². The first-order chi connectivity index (χ1) is 8.69. The minimum Gasteiger partial charge on any atom is -0.387 e. The van der Waals surface area contributed by atoms with E-state index in [0.717, 1.165) is 24.4 Å². The average molecular weight is 247 g/mol. The third-order valence-corrected chi connectivity index (χ3v) is 3.64. The number of anilines is 1. The highest BCUT2D eigenvalue weighted by Crippen LogP contribution is 2.23. The Hall–Kier alpha value is -1.58. The van der Waals surface area contributed by atoms with Crippen LogP contribution in [-0.4, -0.2) is 24.0 Å². The number of hydrogen-bond donors (Lipinski definition) is 2. The number of nitrogens with one attached hydrogen (secondary N) is 2. The Morgan fingerprint density at radius 2 is 2.00 bits per heavy atom. The molecule has 1 aliphatic rings. The standard InChI is InChI=1S/C14H21N3O/c1-10-3-5-11(6-4-10)17-14(18)13-8-7-12(15-2)9-16-13/h7-11,15H,3-6H2,1-2H3,(H,17,18).